The second kappa shape index (κ2) is 7.94. The van der Waals surface area contributed by atoms with E-state index in [9.17, 15) is 5.11 Å². The van der Waals surface area contributed by atoms with E-state index >= 15 is 0 Å². The molecular formula is C18H36N2O. The molecule has 0 aromatic rings. The van der Waals surface area contributed by atoms with Crippen molar-refractivity contribution in [2.24, 2.45) is 5.41 Å². The Bertz CT molecular complexity index is 286. The van der Waals surface area contributed by atoms with Gasteiger partial charge in [-0.05, 0) is 51.0 Å². The zero-order valence-electron chi connectivity index (χ0n) is 14.3. The summed E-state index contributed by atoms with van der Waals surface area (Å²) in [5, 5.41) is 13.8. The minimum absolute atomic E-state index is 0.423. The van der Waals surface area contributed by atoms with Crippen molar-refractivity contribution in [3.05, 3.63) is 0 Å². The molecule has 21 heavy (non-hydrogen) atoms. The first-order chi connectivity index (χ1) is 10.1. The van der Waals surface area contributed by atoms with E-state index in [0.29, 0.717) is 5.41 Å². The molecule has 0 bridgehead atoms. The van der Waals surface area contributed by atoms with Gasteiger partial charge in [-0.1, -0.05) is 32.6 Å². The summed E-state index contributed by atoms with van der Waals surface area (Å²) < 4.78 is 0. The third-order valence-corrected chi connectivity index (χ3v) is 5.58. The smallest absolute Gasteiger partial charge is 0.0644 e. The van der Waals surface area contributed by atoms with E-state index < -0.39 is 5.60 Å². The van der Waals surface area contributed by atoms with Gasteiger partial charge in [0.1, 0.15) is 0 Å². The minimum atomic E-state index is -0.423. The van der Waals surface area contributed by atoms with Gasteiger partial charge in [-0.15, -0.1) is 0 Å². The first-order valence-electron chi connectivity index (χ1n) is 9.21. The lowest BCUT2D eigenvalue weighted by Crippen LogP contribution is -2.49. The van der Waals surface area contributed by atoms with E-state index in [4.69, 9.17) is 0 Å². The molecule has 0 aromatic carbocycles. The number of likely N-dealkylation sites (tertiary alicyclic amines) is 1. The minimum Gasteiger partial charge on any atom is -0.390 e. The van der Waals surface area contributed by atoms with Gasteiger partial charge in [0.05, 0.1) is 5.60 Å². The molecule has 3 heteroatoms. The molecule has 0 amide bonds. The molecule has 0 aromatic heterocycles. The highest BCUT2D eigenvalue weighted by molar-refractivity contribution is 4.90. The molecule has 1 aliphatic carbocycles. The summed E-state index contributed by atoms with van der Waals surface area (Å²) in [5.74, 6) is 0. The molecule has 3 nitrogen and oxygen atoms in total. The molecule has 1 saturated heterocycles. The molecule has 2 fully saturated rings. The van der Waals surface area contributed by atoms with Crippen LogP contribution in [0.25, 0.3) is 0 Å². The van der Waals surface area contributed by atoms with E-state index in [1.165, 1.54) is 58.0 Å². The average molecular weight is 296 g/mol. The monoisotopic (exact) mass is 296 g/mol. The summed E-state index contributed by atoms with van der Waals surface area (Å²) in [4.78, 5) is 2.62. The van der Waals surface area contributed by atoms with Crippen LogP contribution in [0.2, 0.25) is 0 Å². The maximum absolute atomic E-state index is 10.1. The Balaban J connectivity index is 1.91. The van der Waals surface area contributed by atoms with Crippen molar-refractivity contribution < 1.29 is 5.11 Å². The van der Waals surface area contributed by atoms with Crippen molar-refractivity contribution in [3.8, 4) is 0 Å². The van der Waals surface area contributed by atoms with Crippen molar-refractivity contribution in [2.45, 2.75) is 77.2 Å². The van der Waals surface area contributed by atoms with E-state index in [1.807, 2.05) is 6.92 Å². The summed E-state index contributed by atoms with van der Waals surface area (Å²) >= 11 is 0. The predicted octanol–water partition coefficient (Wildman–Crippen LogP) is 3.17. The van der Waals surface area contributed by atoms with Crippen molar-refractivity contribution in [3.63, 3.8) is 0 Å². The molecule has 1 aliphatic heterocycles. The Kier molecular flexibility index (Phi) is 6.51. The second-order valence-electron chi connectivity index (χ2n) is 7.86. The largest absolute Gasteiger partial charge is 0.390 e. The molecule has 2 aliphatic rings. The molecule has 0 radical (unpaired) electrons. The summed E-state index contributed by atoms with van der Waals surface area (Å²) in [7, 11) is 0. The van der Waals surface area contributed by atoms with Crippen LogP contribution in [0.4, 0.5) is 0 Å². The van der Waals surface area contributed by atoms with Crippen LogP contribution < -0.4 is 5.32 Å². The number of hydrogen-bond donors (Lipinski definition) is 2. The maximum Gasteiger partial charge on any atom is 0.0644 e. The average Bonchev–Trinajstić information content (AvgIpc) is 2.68. The van der Waals surface area contributed by atoms with Gasteiger partial charge in [0.15, 0.2) is 0 Å². The normalized spacial score (nSPS) is 26.4. The van der Waals surface area contributed by atoms with Gasteiger partial charge in [-0.3, -0.25) is 0 Å². The molecular weight excluding hydrogens is 260 g/mol. The Labute approximate surface area is 131 Å². The van der Waals surface area contributed by atoms with Gasteiger partial charge in [-0.2, -0.15) is 0 Å². The molecule has 0 atom stereocenters. The van der Waals surface area contributed by atoms with Gasteiger partial charge < -0.3 is 15.3 Å². The van der Waals surface area contributed by atoms with Crippen molar-refractivity contribution in [2.75, 3.05) is 32.7 Å². The lowest BCUT2D eigenvalue weighted by molar-refractivity contribution is -0.0176. The summed E-state index contributed by atoms with van der Waals surface area (Å²) in [5.41, 5.74) is 0.0580. The van der Waals surface area contributed by atoms with Crippen LogP contribution in [-0.2, 0) is 0 Å². The standard InChI is InChI=1S/C18H36N2O/c1-3-12-19-15-18(8-6-4-5-7-9-18)16-20-13-10-17(2,21)11-14-20/h19,21H,3-16H2,1-2H3. The highest BCUT2D eigenvalue weighted by Gasteiger charge is 2.35. The Morgan fingerprint density at radius 3 is 2.19 bits per heavy atom. The zero-order chi connectivity index (χ0) is 15.2. The summed E-state index contributed by atoms with van der Waals surface area (Å²) in [6, 6.07) is 0. The highest BCUT2D eigenvalue weighted by atomic mass is 16.3. The molecule has 1 heterocycles. The van der Waals surface area contributed by atoms with E-state index in [0.717, 1.165) is 32.5 Å². The summed E-state index contributed by atoms with van der Waals surface area (Å²) in [6.45, 7) is 9.96. The van der Waals surface area contributed by atoms with Crippen LogP contribution in [0.1, 0.15) is 71.6 Å². The first-order valence-corrected chi connectivity index (χ1v) is 9.21. The number of nitrogens with zero attached hydrogens (tertiary/aromatic N) is 1. The second-order valence-corrected chi connectivity index (χ2v) is 7.86. The van der Waals surface area contributed by atoms with E-state index in [2.05, 4.69) is 17.1 Å². The predicted molar refractivity (Wildman–Crippen MR) is 89.6 cm³/mol. The van der Waals surface area contributed by atoms with Crippen molar-refractivity contribution in [1.82, 2.24) is 10.2 Å². The van der Waals surface area contributed by atoms with Crippen LogP contribution in [0.5, 0.6) is 0 Å². The van der Waals surface area contributed by atoms with Crippen LogP contribution in [0.15, 0.2) is 0 Å². The first kappa shape index (κ1) is 17.2. The maximum atomic E-state index is 10.1. The Morgan fingerprint density at radius 2 is 1.62 bits per heavy atom. The number of piperidine rings is 1. The fourth-order valence-corrected chi connectivity index (χ4v) is 4.07. The third kappa shape index (κ3) is 5.54. The van der Waals surface area contributed by atoms with Gasteiger partial charge in [0.25, 0.3) is 0 Å². The van der Waals surface area contributed by atoms with Crippen LogP contribution in [-0.4, -0.2) is 48.3 Å². The fourth-order valence-electron chi connectivity index (χ4n) is 4.07. The van der Waals surface area contributed by atoms with Crippen LogP contribution in [0.3, 0.4) is 0 Å². The topological polar surface area (TPSA) is 35.5 Å². The molecule has 0 spiro atoms. The lowest BCUT2D eigenvalue weighted by Gasteiger charge is -2.42. The molecule has 124 valence electrons. The molecule has 0 unspecified atom stereocenters. The quantitative estimate of drug-likeness (QED) is 0.584. The van der Waals surface area contributed by atoms with E-state index in [-0.39, 0.29) is 0 Å². The van der Waals surface area contributed by atoms with Crippen molar-refractivity contribution >= 4 is 0 Å². The van der Waals surface area contributed by atoms with Gasteiger partial charge in [0, 0.05) is 26.2 Å². The number of aliphatic hydroxyl groups is 1. The summed E-state index contributed by atoms with van der Waals surface area (Å²) in [6.07, 6.45) is 11.5. The number of rotatable bonds is 6. The molecule has 2 N–H and O–H groups in total. The highest BCUT2D eigenvalue weighted by Crippen LogP contribution is 2.36. The zero-order valence-corrected chi connectivity index (χ0v) is 14.3. The molecule has 1 saturated carbocycles. The third-order valence-electron chi connectivity index (χ3n) is 5.58. The van der Waals surface area contributed by atoms with Crippen LogP contribution in [0, 0.1) is 5.41 Å². The van der Waals surface area contributed by atoms with Crippen LogP contribution >= 0.6 is 0 Å². The number of hydrogen-bond acceptors (Lipinski definition) is 3. The van der Waals surface area contributed by atoms with Crippen molar-refractivity contribution in [1.29, 1.82) is 0 Å². The Hall–Kier alpha value is -0.120. The Morgan fingerprint density at radius 1 is 1.00 bits per heavy atom. The lowest BCUT2D eigenvalue weighted by atomic mass is 9.78. The van der Waals surface area contributed by atoms with E-state index in [1.54, 1.807) is 0 Å². The van der Waals surface area contributed by atoms with Gasteiger partial charge in [-0.25, -0.2) is 0 Å². The number of nitrogens with one attached hydrogen (secondary N) is 1. The molecule has 2 rings (SSSR count). The van der Waals surface area contributed by atoms with Gasteiger partial charge in [0.2, 0.25) is 0 Å². The SMILES string of the molecule is CCCNCC1(CN2CCC(C)(O)CC2)CCCCCC1. The van der Waals surface area contributed by atoms with Gasteiger partial charge >= 0.3 is 0 Å². The fraction of sp³-hybridized carbons (Fsp3) is 1.00.